The molecule has 0 fully saturated rings. The zero-order valence-electron chi connectivity index (χ0n) is 8.66. The number of nitrogens with zero attached hydrogens (tertiary/aromatic N) is 1. The van der Waals surface area contributed by atoms with E-state index in [-0.39, 0.29) is 0 Å². The fraction of sp³-hybridized carbons (Fsp3) is 0.364. The maximum absolute atomic E-state index is 5.28. The predicted molar refractivity (Wildman–Crippen MR) is 62.2 cm³/mol. The molecule has 2 aromatic rings. The molecular weight excluding hydrogens is 192 g/mol. The zero-order chi connectivity index (χ0) is 10.3. The zero-order valence-corrected chi connectivity index (χ0v) is 9.48. The van der Waals surface area contributed by atoms with Crippen LogP contribution < -0.4 is 0 Å². The summed E-state index contributed by atoms with van der Waals surface area (Å²) in [6, 6.07) is 6.75. The molecule has 1 N–H and O–H groups in total. The molecule has 14 heavy (non-hydrogen) atoms. The molecule has 0 amide bonds. The van der Waals surface area contributed by atoms with E-state index in [0.717, 1.165) is 10.3 Å². The van der Waals surface area contributed by atoms with Crippen LogP contribution in [0.25, 0.3) is 11.0 Å². The van der Waals surface area contributed by atoms with Crippen LogP contribution in [0.2, 0.25) is 0 Å². The first-order valence-electron chi connectivity index (χ1n) is 4.80. The van der Waals surface area contributed by atoms with Crippen molar-refractivity contribution in [3.05, 3.63) is 28.5 Å². The van der Waals surface area contributed by atoms with Crippen molar-refractivity contribution in [2.45, 2.75) is 26.8 Å². The van der Waals surface area contributed by atoms with E-state index in [4.69, 9.17) is 12.2 Å². The van der Waals surface area contributed by atoms with Gasteiger partial charge < -0.3 is 9.55 Å². The van der Waals surface area contributed by atoms with Gasteiger partial charge in [0.2, 0.25) is 0 Å². The van der Waals surface area contributed by atoms with Crippen LogP contribution >= 0.6 is 12.2 Å². The first-order chi connectivity index (χ1) is 6.59. The molecule has 0 bridgehead atoms. The Kier molecular flexibility index (Phi) is 2.19. The van der Waals surface area contributed by atoms with Gasteiger partial charge in [-0.05, 0) is 50.7 Å². The third-order valence-electron chi connectivity index (χ3n) is 2.39. The molecule has 0 saturated carbocycles. The van der Waals surface area contributed by atoms with Crippen LogP contribution in [0.5, 0.6) is 0 Å². The molecule has 1 aromatic carbocycles. The molecule has 0 aliphatic rings. The molecule has 1 aromatic heterocycles. The number of aromatic nitrogens is 2. The van der Waals surface area contributed by atoms with Gasteiger partial charge in [0, 0.05) is 6.04 Å². The molecule has 1 heterocycles. The topological polar surface area (TPSA) is 20.7 Å². The highest BCUT2D eigenvalue weighted by atomic mass is 32.1. The van der Waals surface area contributed by atoms with Crippen molar-refractivity contribution < 1.29 is 0 Å². The summed E-state index contributed by atoms with van der Waals surface area (Å²) in [5.41, 5.74) is 3.58. The van der Waals surface area contributed by atoms with Gasteiger partial charge in [0.15, 0.2) is 4.77 Å². The summed E-state index contributed by atoms with van der Waals surface area (Å²) in [6.07, 6.45) is 0. The van der Waals surface area contributed by atoms with E-state index < -0.39 is 0 Å². The van der Waals surface area contributed by atoms with E-state index in [9.17, 15) is 0 Å². The van der Waals surface area contributed by atoms with E-state index in [0.29, 0.717) is 6.04 Å². The molecular formula is C11H14N2S. The van der Waals surface area contributed by atoms with Crippen LogP contribution in [0.3, 0.4) is 0 Å². The molecule has 0 aliphatic carbocycles. The van der Waals surface area contributed by atoms with E-state index >= 15 is 0 Å². The van der Waals surface area contributed by atoms with E-state index in [1.165, 1.54) is 11.1 Å². The number of benzene rings is 1. The average Bonchev–Trinajstić information content (AvgIpc) is 2.40. The Hall–Kier alpha value is -1.09. The molecule has 3 heteroatoms. The number of hydrogen-bond acceptors (Lipinski definition) is 1. The van der Waals surface area contributed by atoms with Crippen molar-refractivity contribution in [1.82, 2.24) is 9.55 Å². The molecule has 0 aliphatic heterocycles. The number of fused-ring (bicyclic) bond motifs is 1. The van der Waals surface area contributed by atoms with Crippen molar-refractivity contribution in [2.24, 2.45) is 0 Å². The predicted octanol–water partition coefficient (Wildman–Crippen LogP) is 3.59. The highest BCUT2D eigenvalue weighted by Gasteiger charge is 2.06. The SMILES string of the molecule is Cc1ccc2[nH]c(=S)n(C(C)C)c2c1. The maximum atomic E-state index is 5.28. The van der Waals surface area contributed by atoms with Crippen LogP contribution in [0, 0.1) is 11.7 Å². The van der Waals surface area contributed by atoms with Gasteiger partial charge in [-0.3, -0.25) is 0 Å². The second kappa shape index (κ2) is 3.24. The fourth-order valence-corrected chi connectivity index (χ4v) is 2.16. The number of imidazole rings is 1. The number of hydrogen-bond donors (Lipinski definition) is 1. The van der Waals surface area contributed by atoms with Crippen molar-refractivity contribution in [3.63, 3.8) is 0 Å². The van der Waals surface area contributed by atoms with Gasteiger partial charge in [-0.15, -0.1) is 0 Å². The summed E-state index contributed by atoms with van der Waals surface area (Å²) < 4.78 is 2.96. The molecule has 0 radical (unpaired) electrons. The second-order valence-corrected chi connectivity index (χ2v) is 4.30. The largest absolute Gasteiger partial charge is 0.331 e. The Labute approximate surface area is 88.6 Å². The second-order valence-electron chi connectivity index (χ2n) is 3.91. The van der Waals surface area contributed by atoms with Gasteiger partial charge in [0.1, 0.15) is 0 Å². The lowest BCUT2D eigenvalue weighted by Crippen LogP contribution is -1.99. The smallest absolute Gasteiger partial charge is 0.178 e. The molecule has 0 atom stereocenters. The standard InChI is InChI=1S/C11H14N2S/c1-7(2)13-10-6-8(3)4-5-9(10)12-11(13)14/h4-7H,1-3H3,(H,12,14). The van der Waals surface area contributed by atoms with Crippen LogP contribution in [0.1, 0.15) is 25.5 Å². The van der Waals surface area contributed by atoms with E-state index in [1.54, 1.807) is 0 Å². The van der Waals surface area contributed by atoms with Gasteiger partial charge >= 0.3 is 0 Å². The van der Waals surface area contributed by atoms with Crippen LogP contribution in [-0.2, 0) is 0 Å². The van der Waals surface area contributed by atoms with E-state index in [2.05, 4.69) is 48.5 Å². The summed E-state index contributed by atoms with van der Waals surface area (Å²) in [6.45, 7) is 6.39. The highest BCUT2D eigenvalue weighted by Crippen LogP contribution is 2.19. The van der Waals surface area contributed by atoms with Gasteiger partial charge in [-0.25, -0.2) is 0 Å². The minimum Gasteiger partial charge on any atom is -0.331 e. The number of aromatic amines is 1. The normalized spacial score (nSPS) is 11.4. The lowest BCUT2D eigenvalue weighted by molar-refractivity contribution is 0.610. The van der Waals surface area contributed by atoms with Crippen molar-refractivity contribution in [3.8, 4) is 0 Å². The van der Waals surface area contributed by atoms with Gasteiger partial charge in [-0.1, -0.05) is 6.07 Å². The van der Waals surface area contributed by atoms with Crippen LogP contribution in [0.15, 0.2) is 18.2 Å². The lowest BCUT2D eigenvalue weighted by Gasteiger charge is -2.08. The molecule has 0 spiro atoms. The summed E-state index contributed by atoms with van der Waals surface area (Å²) in [5, 5.41) is 0. The molecule has 2 nitrogen and oxygen atoms in total. The Morgan fingerprint density at radius 2 is 2.07 bits per heavy atom. The van der Waals surface area contributed by atoms with Crippen molar-refractivity contribution in [1.29, 1.82) is 0 Å². The Bertz CT molecular complexity index is 520. The van der Waals surface area contributed by atoms with Gasteiger partial charge in [0.05, 0.1) is 11.0 Å². The Balaban J connectivity index is 2.86. The number of rotatable bonds is 1. The Morgan fingerprint density at radius 3 is 2.71 bits per heavy atom. The lowest BCUT2D eigenvalue weighted by atomic mass is 10.2. The number of nitrogens with one attached hydrogen (secondary N) is 1. The summed E-state index contributed by atoms with van der Waals surface area (Å²) in [5.74, 6) is 0. The number of aryl methyl sites for hydroxylation is 1. The Morgan fingerprint density at radius 1 is 1.36 bits per heavy atom. The molecule has 0 saturated heterocycles. The highest BCUT2D eigenvalue weighted by molar-refractivity contribution is 7.71. The minimum absolute atomic E-state index is 0.401. The quantitative estimate of drug-likeness (QED) is 0.707. The molecule has 74 valence electrons. The summed E-state index contributed by atoms with van der Waals surface area (Å²) in [7, 11) is 0. The van der Waals surface area contributed by atoms with E-state index in [1.807, 2.05) is 0 Å². The average molecular weight is 206 g/mol. The number of H-pyrrole nitrogens is 1. The molecule has 0 unspecified atom stereocenters. The van der Waals surface area contributed by atoms with Crippen molar-refractivity contribution in [2.75, 3.05) is 0 Å². The third kappa shape index (κ3) is 1.38. The monoisotopic (exact) mass is 206 g/mol. The first kappa shape index (κ1) is 9.46. The third-order valence-corrected chi connectivity index (χ3v) is 2.69. The fourth-order valence-electron chi connectivity index (χ4n) is 1.74. The maximum Gasteiger partial charge on any atom is 0.178 e. The van der Waals surface area contributed by atoms with Gasteiger partial charge in [0.25, 0.3) is 0 Å². The van der Waals surface area contributed by atoms with Gasteiger partial charge in [-0.2, -0.15) is 0 Å². The molecule has 2 rings (SSSR count). The summed E-state index contributed by atoms with van der Waals surface area (Å²) in [4.78, 5) is 3.21. The van der Waals surface area contributed by atoms with Crippen molar-refractivity contribution >= 4 is 23.3 Å². The first-order valence-corrected chi connectivity index (χ1v) is 5.21. The summed E-state index contributed by atoms with van der Waals surface area (Å²) >= 11 is 5.28. The van der Waals surface area contributed by atoms with Crippen LogP contribution in [0.4, 0.5) is 0 Å². The minimum atomic E-state index is 0.401. The van der Waals surface area contributed by atoms with Crippen LogP contribution in [-0.4, -0.2) is 9.55 Å².